The van der Waals surface area contributed by atoms with E-state index < -0.39 is 11.5 Å². The molecule has 2 saturated heterocycles. The van der Waals surface area contributed by atoms with E-state index in [1.165, 1.54) is 13.2 Å². The quantitative estimate of drug-likeness (QED) is 0.265. The zero-order valence-electron chi connectivity index (χ0n) is 25.3. The lowest BCUT2D eigenvalue weighted by atomic mass is 9.92. The molecule has 10 nitrogen and oxygen atoms in total. The van der Waals surface area contributed by atoms with Crippen molar-refractivity contribution >= 4 is 17.3 Å². The second-order valence-electron chi connectivity index (χ2n) is 11.7. The van der Waals surface area contributed by atoms with Crippen molar-refractivity contribution < 1.29 is 18.3 Å². The molecule has 0 aliphatic carbocycles. The number of pyridine rings is 1. The highest BCUT2D eigenvalue weighted by Crippen LogP contribution is 2.38. The number of halogens is 2. The molecule has 0 atom stereocenters. The summed E-state index contributed by atoms with van der Waals surface area (Å²) in [4.78, 5) is 17.7. The molecule has 1 N–H and O–H groups in total. The van der Waals surface area contributed by atoms with Crippen molar-refractivity contribution in [2.75, 3.05) is 64.3 Å². The lowest BCUT2D eigenvalue weighted by molar-refractivity contribution is 0.0662. The van der Waals surface area contributed by atoms with Crippen molar-refractivity contribution in [3.05, 3.63) is 60.9 Å². The predicted octanol–water partition coefficient (Wildman–Crippen LogP) is 5.52. The first-order valence-electron chi connectivity index (χ1n) is 15.0. The molecule has 3 aromatic heterocycles. The van der Waals surface area contributed by atoms with Gasteiger partial charge in [0, 0.05) is 87.2 Å². The number of anilines is 3. The molecular weight excluding hydrogens is 566 g/mol. The Bertz CT molecular complexity index is 1580. The number of ether oxygens (including phenoxy) is 2. The normalized spacial score (nSPS) is 17.2. The van der Waals surface area contributed by atoms with Crippen LogP contribution < -0.4 is 15.0 Å². The van der Waals surface area contributed by atoms with Gasteiger partial charge in [0.1, 0.15) is 28.9 Å². The van der Waals surface area contributed by atoms with E-state index in [4.69, 9.17) is 14.5 Å². The van der Waals surface area contributed by atoms with E-state index in [9.17, 15) is 4.39 Å². The summed E-state index contributed by atoms with van der Waals surface area (Å²) in [6.07, 6.45) is 10.0. The van der Waals surface area contributed by atoms with Crippen LogP contribution in [-0.2, 0) is 4.74 Å². The molecule has 0 bridgehead atoms. The van der Waals surface area contributed by atoms with E-state index >= 15 is 4.39 Å². The molecule has 2 fully saturated rings. The maximum Gasteiger partial charge on any atom is 0.168 e. The second-order valence-corrected chi connectivity index (χ2v) is 11.7. The Morgan fingerprint density at radius 3 is 2.64 bits per heavy atom. The average Bonchev–Trinajstić information content (AvgIpc) is 3.52. The lowest BCUT2D eigenvalue weighted by Gasteiger charge is -2.39. The molecular formula is C32H38F2N8O2. The van der Waals surface area contributed by atoms with Crippen molar-refractivity contribution in [1.82, 2.24) is 29.6 Å². The summed E-state index contributed by atoms with van der Waals surface area (Å²) >= 11 is 0. The Labute approximate surface area is 256 Å². The van der Waals surface area contributed by atoms with Crippen LogP contribution in [0.25, 0.3) is 22.5 Å². The Morgan fingerprint density at radius 2 is 1.89 bits per heavy atom. The molecule has 0 unspecified atom stereocenters. The number of piperidine rings is 1. The van der Waals surface area contributed by atoms with E-state index in [0.29, 0.717) is 55.9 Å². The molecule has 2 aliphatic heterocycles. The molecule has 1 aromatic carbocycles. The van der Waals surface area contributed by atoms with Crippen molar-refractivity contribution in [3.63, 3.8) is 0 Å². The number of alkyl halides is 1. The van der Waals surface area contributed by atoms with E-state index in [-0.39, 0.29) is 11.4 Å². The van der Waals surface area contributed by atoms with Crippen molar-refractivity contribution in [1.29, 1.82) is 0 Å². The van der Waals surface area contributed by atoms with Gasteiger partial charge in [0.15, 0.2) is 5.82 Å². The van der Waals surface area contributed by atoms with Crippen LogP contribution >= 0.6 is 0 Å². The van der Waals surface area contributed by atoms with Gasteiger partial charge in [-0.3, -0.25) is 4.68 Å². The van der Waals surface area contributed by atoms with Crippen LogP contribution in [0.15, 0.2) is 55.1 Å². The first-order chi connectivity index (χ1) is 21.3. The summed E-state index contributed by atoms with van der Waals surface area (Å²) in [6.45, 7) is 3.00. The lowest BCUT2D eigenvalue weighted by Crippen LogP contribution is -2.47. The maximum atomic E-state index is 15.6. The van der Waals surface area contributed by atoms with Gasteiger partial charge in [-0.25, -0.2) is 23.7 Å². The average molecular weight is 605 g/mol. The van der Waals surface area contributed by atoms with Gasteiger partial charge in [0.2, 0.25) is 0 Å². The number of aromatic nitrogens is 5. The molecule has 4 aromatic rings. The SMILES string of the molecule is COc1cccc(F)c1-c1nccc(Nc2cc(N3CCC(F)(CN(C)C)CC3)c(-c3cnn(C4CCOCC4)c3)cn2)n1. The Morgan fingerprint density at radius 1 is 1.09 bits per heavy atom. The molecule has 0 saturated carbocycles. The van der Waals surface area contributed by atoms with Crippen molar-refractivity contribution in [2.24, 2.45) is 0 Å². The fraction of sp³-hybridized carbons (Fsp3) is 0.438. The summed E-state index contributed by atoms with van der Waals surface area (Å²) in [5, 5.41) is 7.94. The minimum Gasteiger partial charge on any atom is -0.496 e. The fourth-order valence-corrected chi connectivity index (χ4v) is 6.07. The van der Waals surface area contributed by atoms with Gasteiger partial charge in [-0.05, 0) is 45.1 Å². The van der Waals surface area contributed by atoms with Crippen LogP contribution in [0.5, 0.6) is 5.75 Å². The molecule has 0 radical (unpaired) electrons. The number of methoxy groups -OCH3 is 1. The smallest absolute Gasteiger partial charge is 0.168 e. The zero-order valence-corrected chi connectivity index (χ0v) is 25.3. The largest absolute Gasteiger partial charge is 0.496 e. The maximum absolute atomic E-state index is 15.6. The summed E-state index contributed by atoms with van der Waals surface area (Å²) in [5.41, 5.74) is 1.77. The summed E-state index contributed by atoms with van der Waals surface area (Å²) in [6, 6.07) is 8.55. The Balaban J connectivity index is 1.31. The third kappa shape index (κ3) is 6.51. The Kier molecular flexibility index (Phi) is 8.72. The highest BCUT2D eigenvalue weighted by molar-refractivity contribution is 5.80. The van der Waals surface area contributed by atoms with Crippen molar-refractivity contribution in [2.45, 2.75) is 37.4 Å². The highest BCUT2D eigenvalue weighted by Gasteiger charge is 2.36. The third-order valence-electron chi connectivity index (χ3n) is 8.29. The molecule has 44 heavy (non-hydrogen) atoms. The van der Waals surface area contributed by atoms with Gasteiger partial charge >= 0.3 is 0 Å². The molecule has 232 valence electrons. The number of benzene rings is 1. The molecule has 2 aliphatic rings. The fourth-order valence-electron chi connectivity index (χ4n) is 6.07. The number of nitrogens with one attached hydrogen (secondary N) is 1. The molecule has 0 amide bonds. The van der Waals surface area contributed by atoms with E-state index in [2.05, 4.69) is 31.5 Å². The second kappa shape index (κ2) is 12.8. The van der Waals surface area contributed by atoms with Crippen LogP contribution in [0.4, 0.5) is 26.1 Å². The minimum atomic E-state index is -1.23. The van der Waals surface area contributed by atoms with E-state index in [1.54, 1.807) is 24.4 Å². The van der Waals surface area contributed by atoms with Crippen LogP contribution in [0.2, 0.25) is 0 Å². The molecule has 12 heteroatoms. The summed E-state index contributed by atoms with van der Waals surface area (Å²) in [7, 11) is 5.29. The monoisotopic (exact) mass is 604 g/mol. The van der Waals surface area contributed by atoms with Crippen LogP contribution in [-0.4, -0.2) is 89.4 Å². The van der Waals surface area contributed by atoms with Crippen LogP contribution in [0.1, 0.15) is 31.7 Å². The van der Waals surface area contributed by atoms with Gasteiger partial charge in [-0.1, -0.05) is 6.07 Å². The third-order valence-corrected chi connectivity index (χ3v) is 8.29. The molecule has 6 rings (SSSR count). The number of rotatable bonds is 9. The molecule has 5 heterocycles. The zero-order chi connectivity index (χ0) is 30.7. The summed E-state index contributed by atoms with van der Waals surface area (Å²) < 4.78 is 43.3. The number of hydrogen-bond acceptors (Lipinski definition) is 9. The van der Waals surface area contributed by atoms with Gasteiger partial charge in [-0.15, -0.1) is 0 Å². The standard InChI is InChI=1S/C32H38F2N8O2/c1-40(2)21-32(34)10-13-41(14-11-32)26-17-29(36-19-24(26)22-18-37-42(20-22)23-8-15-44-16-9-23)38-28-7-12-35-31(39-28)30-25(33)5-4-6-27(30)43-3/h4-7,12,17-20,23H,8-11,13-16,21H2,1-3H3,(H,35,36,38,39). The number of hydrogen-bond donors (Lipinski definition) is 1. The molecule has 0 spiro atoms. The van der Waals surface area contributed by atoms with Gasteiger partial charge < -0.3 is 24.6 Å². The number of nitrogens with zero attached hydrogens (tertiary/aromatic N) is 7. The van der Waals surface area contributed by atoms with Gasteiger partial charge in [0.25, 0.3) is 0 Å². The van der Waals surface area contributed by atoms with E-state index in [0.717, 1.165) is 42.9 Å². The first kappa shape index (κ1) is 29.9. The summed E-state index contributed by atoms with van der Waals surface area (Å²) in [5.74, 6) is 1.06. The topological polar surface area (TPSA) is 93.5 Å². The Hall–Kier alpha value is -4.16. The first-order valence-corrected chi connectivity index (χ1v) is 15.0. The van der Waals surface area contributed by atoms with Crippen LogP contribution in [0.3, 0.4) is 0 Å². The van der Waals surface area contributed by atoms with E-state index in [1.807, 2.05) is 42.1 Å². The minimum absolute atomic E-state index is 0.185. The van der Waals surface area contributed by atoms with Crippen LogP contribution in [0, 0.1) is 5.82 Å². The van der Waals surface area contributed by atoms with Crippen molar-refractivity contribution in [3.8, 4) is 28.3 Å². The predicted molar refractivity (Wildman–Crippen MR) is 166 cm³/mol. The van der Waals surface area contributed by atoms with Gasteiger partial charge in [0.05, 0.1) is 24.9 Å². The van der Waals surface area contributed by atoms with Gasteiger partial charge in [-0.2, -0.15) is 5.10 Å². The highest BCUT2D eigenvalue weighted by atomic mass is 19.1.